The third kappa shape index (κ3) is 5.73. The van der Waals surface area contributed by atoms with Crippen molar-refractivity contribution in [2.75, 3.05) is 11.4 Å². The minimum absolute atomic E-state index is 0.0697. The van der Waals surface area contributed by atoms with Crippen molar-refractivity contribution in [1.82, 2.24) is 14.9 Å². The second-order valence-electron chi connectivity index (χ2n) is 10.7. The fourth-order valence-corrected chi connectivity index (χ4v) is 5.70. The van der Waals surface area contributed by atoms with Gasteiger partial charge in [-0.25, -0.2) is 0 Å². The molecule has 0 saturated carbocycles. The summed E-state index contributed by atoms with van der Waals surface area (Å²) in [6.45, 7) is 2.76. The second kappa shape index (κ2) is 11.8. The molecule has 0 unspecified atom stereocenters. The maximum Gasteiger partial charge on any atom is 0.417 e. The van der Waals surface area contributed by atoms with E-state index in [0.29, 0.717) is 47.6 Å². The Morgan fingerprint density at radius 3 is 2.41 bits per heavy atom. The molecular formula is C35H29F3N4O2. The van der Waals surface area contributed by atoms with Crippen LogP contribution in [0, 0.1) is 6.92 Å². The van der Waals surface area contributed by atoms with E-state index in [4.69, 9.17) is 0 Å². The van der Waals surface area contributed by atoms with Crippen LogP contribution in [-0.2, 0) is 25.7 Å². The van der Waals surface area contributed by atoms with Crippen LogP contribution in [0.4, 0.5) is 18.9 Å². The zero-order chi connectivity index (χ0) is 30.8. The SMILES string of the molecule is Cc1cc(C(=O)N2Cc3ccc(C(=O)NCCc4ccccn4)n3Cc3ccccc32)ccc1-c1ccccc1C(F)(F)F. The lowest BCUT2D eigenvalue weighted by atomic mass is 9.94. The highest BCUT2D eigenvalue weighted by atomic mass is 19.4. The predicted octanol–water partition coefficient (Wildman–Crippen LogP) is 7.06. The average molecular weight is 595 g/mol. The van der Waals surface area contributed by atoms with Crippen LogP contribution in [0.5, 0.6) is 0 Å². The quantitative estimate of drug-likeness (QED) is 0.229. The van der Waals surface area contributed by atoms with E-state index < -0.39 is 11.7 Å². The molecule has 0 fully saturated rings. The number of nitrogens with one attached hydrogen (secondary N) is 1. The molecule has 2 amide bonds. The van der Waals surface area contributed by atoms with Crippen molar-refractivity contribution in [3.63, 3.8) is 0 Å². The van der Waals surface area contributed by atoms with Gasteiger partial charge in [-0.05, 0) is 77.7 Å². The fourth-order valence-electron chi connectivity index (χ4n) is 5.70. The van der Waals surface area contributed by atoms with Gasteiger partial charge in [0.2, 0.25) is 0 Å². The average Bonchev–Trinajstić information content (AvgIpc) is 3.34. The topological polar surface area (TPSA) is 67.2 Å². The summed E-state index contributed by atoms with van der Waals surface area (Å²) in [7, 11) is 0. The molecular weight excluding hydrogens is 565 g/mol. The lowest BCUT2D eigenvalue weighted by Crippen LogP contribution is -2.31. The van der Waals surface area contributed by atoms with Crippen LogP contribution < -0.4 is 10.2 Å². The summed E-state index contributed by atoms with van der Waals surface area (Å²) in [5.41, 5.74) is 4.43. The van der Waals surface area contributed by atoms with Crippen LogP contribution in [0.3, 0.4) is 0 Å². The minimum Gasteiger partial charge on any atom is -0.350 e. The normalized spacial score (nSPS) is 12.7. The lowest BCUT2D eigenvalue weighted by Gasteiger charge is -2.23. The van der Waals surface area contributed by atoms with Gasteiger partial charge in [-0.15, -0.1) is 0 Å². The molecule has 9 heteroatoms. The Labute approximate surface area is 252 Å². The summed E-state index contributed by atoms with van der Waals surface area (Å²) in [6.07, 6.45) is -2.18. The minimum atomic E-state index is -4.50. The highest BCUT2D eigenvalue weighted by molar-refractivity contribution is 6.07. The highest BCUT2D eigenvalue weighted by Gasteiger charge is 2.34. The smallest absolute Gasteiger partial charge is 0.350 e. The van der Waals surface area contributed by atoms with Crippen LogP contribution >= 0.6 is 0 Å². The predicted molar refractivity (Wildman–Crippen MR) is 162 cm³/mol. The van der Waals surface area contributed by atoms with E-state index in [1.807, 2.05) is 53.1 Å². The van der Waals surface area contributed by atoms with E-state index in [1.165, 1.54) is 12.1 Å². The summed E-state index contributed by atoms with van der Waals surface area (Å²) in [6, 6.07) is 27.0. The summed E-state index contributed by atoms with van der Waals surface area (Å²) < 4.78 is 43.0. The van der Waals surface area contributed by atoms with Gasteiger partial charge in [0, 0.05) is 41.8 Å². The van der Waals surface area contributed by atoms with Gasteiger partial charge in [-0.3, -0.25) is 14.6 Å². The number of nitrogens with zero attached hydrogens (tertiary/aromatic N) is 3. The Bertz CT molecular complexity index is 1850. The van der Waals surface area contributed by atoms with Crippen molar-refractivity contribution in [3.05, 3.63) is 143 Å². The van der Waals surface area contributed by atoms with Crippen molar-refractivity contribution >= 4 is 17.5 Å². The molecule has 0 bridgehead atoms. The third-order valence-corrected chi connectivity index (χ3v) is 7.87. The Kier molecular flexibility index (Phi) is 7.78. The second-order valence-corrected chi connectivity index (χ2v) is 10.7. The van der Waals surface area contributed by atoms with Crippen molar-refractivity contribution in [2.24, 2.45) is 0 Å². The maximum atomic E-state index is 14.0. The Balaban J connectivity index is 1.27. The van der Waals surface area contributed by atoms with Gasteiger partial charge in [-0.1, -0.05) is 48.5 Å². The monoisotopic (exact) mass is 594 g/mol. The number of amides is 2. The number of rotatable bonds is 6. The van der Waals surface area contributed by atoms with Crippen molar-refractivity contribution in [1.29, 1.82) is 0 Å². The van der Waals surface area contributed by atoms with E-state index in [0.717, 1.165) is 23.0 Å². The number of carbonyl (C=O) groups is 2. The molecule has 1 aliphatic rings. The first-order valence-corrected chi connectivity index (χ1v) is 14.2. The van der Waals surface area contributed by atoms with Crippen molar-refractivity contribution in [2.45, 2.75) is 32.6 Å². The molecule has 1 N–H and O–H groups in total. The number of para-hydroxylation sites is 1. The number of hydrogen-bond acceptors (Lipinski definition) is 3. The van der Waals surface area contributed by atoms with Gasteiger partial charge < -0.3 is 14.8 Å². The van der Waals surface area contributed by atoms with Gasteiger partial charge in [-0.2, -0.15) is 13.2 Å². The molecule has 2 aromatic heterocycles. The van der Waals surface area contributed by atoms with Crippen LogP contribution in [-0.4, -0.2) is 27.9 Å². The summed E-state index contributed by atoms with van der Waals surface area (Å²) in [5.74, 6) is -0.498. The molecule has 0 spiro atoms. The van der Waals surface area contributed by atoms with Crippen molar-refractivity contribution < 1.29 is 22.8 Å². The lowest BCUT2D eigenvalue weighted by molar-refractivity contribution is -0.137. The van der Waals surface area contributed by atoms with E-state index >= 15 is 0 Å². The summed E-state index contributed by atoms with van der Waals surface area (Å²) in [4.78, 5) is 33.2. The molecule has 3 aromatic carbocycles. The maximum absolute atomic E-state index is 14.0. The molecule has 5 aromatic rings. The molecule has 0 saturated heterocycles. The van der Waals surface area contributed by atoms with Gasteiger partial charge in [0.15, 0.2) is 0 Å². The molecule has 0 aliphatic carbocycles. The van der Waals surface area contributed by atoms with Crippen LogP contribution in [0.25, 0.3) is 11.1 Å². The number of hydrogen-bond donors (Lipinski definition) is 1. The molecule has 222 valence electrons. The Morgan fingerprint density at radius 2 is 1.64 bits per heavy atom. The number of anilines is 1. The number of aromatic nitrogens is 2. The standard InChI is InChI=1S/C35H29F3N4O2/c1-23-20-24(13-15-28(23)29-10-3-4-11-30(29)35(36,37)38)34(44)42-22-27-14-16-32(41(27)21-25-8-2-5-12-31(25)42)33(43)40-19-17-26-9-6-7-18-39-26/h2-16,18,20H,17,19,21-22H2,1H3,(H,40,43). The highest BCUT2D eigenvalue weighted by Crippen LogP contribution is 2.38. The van der Waals surface area contributed by atoms with Gasteiger partial charge in [0.05, 0.1) is 18.7 Å². The number of benzene rings is 3. The van der Waals surface area contributed by atoms with E-state index in [9.17, 15) is 22.8 Å². The summed E-state index contributed by atoms with van der Waals surface area (Å²) >= 11 is 0. The molecule has 44 heavy (non-hydrogen) atoms. The molecule has 6 nitrogen and oxygen atoms in total. The van der Waals surface area contributed by atoms with Crippen molar-refractivity contribution in [3.8, 4) is 11.1 Å². The molecule has 0 radical (unpaired) electrons. The van der Waals surface area contributed by atoms with Crippen LogP contribution in [0.15, 0.2) is 103 Å². The number of aryl methyl sites for hydroxylation is 1. The third-order valence-electron chi connectivity index (χ3n) is 7.87. The van der Waals surface area contributed by atoms with Gasteiger partial charge >= 0.3 is 6.18 Å². The largest absolute Gasteiger partial charge is 0.417 e. The molecule has 6 rings (SSSR count). The van der Waals surface area contributed by atoms with Crippen LogP contribution in [0.2, 0.25) is 0 Å². The molecule has 3 heterocycles. The number of pyridine rings is 1. The zero-order valence-electron chi connectivity index (χ0n) is 23.9. The first-order valence-electron chi connectivity index (χ1n) is 14.2. The fraction of sp³-hybridized carbons (Fsp3) is 0.171. The first-order chi connectivity index (χ1) is 21.2. The zero-order valence-corrected chi connectivity index (χ0v) is 23.9. The van der Waals surface area contributed by atoms with E-state index in [1.54, 1.807) is 48.4 Å². The van der Waals surface area contributed by atoms with Crippen LogP contribution in [0.1, 0.15) is 48.9 Å². The Hall–Kier alpha value is -5.18. The number of halogens is 3. The molecule has 1 aliphatic heterocycles. The van der Waals surface area contributed by atoms with E-state index in [2.05, 4.69) is 10.3 Å². The van der Waals surface area contributed by atoms with Gasteiger partial charge in [0.25, 0.3) is 11.8 Å². The number of carbonyl (C=O) groups excluding carboxylic acids is 2. The molecule has 0 atom stereocenters. The first kappa shape index (κ1) is 28.9. The number of alkyl halides is 3. The van der Waals surface area contributed by atoms with Gasteiger partial charge in [0.1, 0.15) is 5.69 Å². The summed E-state index contributed by atoms with van der Waals surface area (Å²) in [5, 5.41) is 2.98. The number of fused-ring (bicyclic) bond motifs is 2. The Morgan fingerprint density at radius 1 is 0.864 bits per heavy atom. The van der Waals surface area contributed by atoms with E-state index in [-0.39, 0.29) is 23.9 Å².